The molecule has 19 heavy (non-hydrogen) atoms. The van der Waals surface area contributed by atoms with E-state index in [9.17, 15) is 4.79 Å². The Morgan fingerprint density at radius 1 is 1.16 bits per heavy atom. The highest BCUT2D eigenvalue weighted by molar-refractivity contribution is 9.10. The van der Waals surface area contributed by atoms with E-state index < -0.39 is 0 Å². The minimum absolute atomic E-state index is 0.0931. The van der Waals surface area contributed by atoms with Crippen LogP contribution in [0.4, 0.5) is 5.69 Å². The summed E-state index contributed by atoms with van der Waals surface area (Å²) < 4.78 is 0.952. The SMILES string of the molecule is C=C(c1ccccc1)c1cc(Br)ccc1NC(C)=O. The van der Waals surface area contributed by atoms with E-state index in [1.54, 1.807) is 0 Å². The zero-order valence-electron chi connectivity index (χ0n) is 10.6. The highest BCUT2D eigenvalue weighted by atomic mass is 79.9. The Morgan fingerprint density at radius 3 is 2.47 bits per heavy atom. The average Bonchev–Trinajstić information content (AvgIpc) is 2.40. The van der Waals surface area contributed by atoms with Gasteiger partial charge in [0.25, 0.3) is 0 Å². The van der Waals surface area contributed by atoms with Crippen molar-refractivity contribution in [2.24, 2.45) is 0 Å². The summed E-state index contributed by atoms with van der Waals surface area (Å²) >= 11 is 3.45. The van der Waals surface area contributed by atoms with Crippen LogP contribution < -0.4 is 5.32 Å². The summed E-state index contributed by atoms with van der Waals surface area (Å²) in [7, 11) is 0. The van der Waals surface area contributed by atoms with Crippen LogP contribution in [-0.2, 0) is 4.79 Å². The normalized spacial score (nSPS) is 10.0. The molecule has 3 heteroatoms. The van der Waals surface area contributed by atoms with Gasteiger partial charge in [-0.05, 0) is 29.3 Å². The Hall–Kier alpha value is -1.87. The number of hydrogen-bond acceptors (Lipinski definition) is 1. The molecule has 0 bridgehead atoms. The molecule has 0 heterocycles. The molecule has 0 saturated heterocycles. The zero-order chi connectivity index (χ0) is 13.8. The number of hydrogen-bond donors (Lipinski definition) is 1. The Labute approximate surface area is 121 Å². The number of carbonyl (C=O) groups excluding carboxylic acids is 1. The zero-order valence-corrected chi connectivity index (χ0v) is 12.2. The van der Waals surface area contributed by atoms with E-state index in [0.29, 0.717) is 0 Å². The van der Waals surface area contributed by atoms with Crippen molar-refractivity contribution in [1.82, 2.24) is 0 Å². The minimum atomic E-state index is -0.0931. The van der Waals surface area contributed by atoms with Crippen molar-refractivity contribution in [1.29, 1.82) is 0 Å². The summed E-state index contributed by atoms with van der Waals surface area (Å²) in [5, 5.41) is 2.83. The van der Waals surface area contributed by atoms with E-state index in [0.717, 1.165) is 26.9 Å². The standard InChI is InChI=1S/C16H14BrNO/c1-11(13-6-4-3-5-7-13)15-10-14(17)8-9-16(15)18-12(2)19/h3-10H,1H2,2H3,(H,18,19). The van der Waals surface area contributed by atoms with E-state index in [4.69, 9.17) is 0 Å². The molecule has 1 amide bonds. The molecule has 0 aliphatic rings. The lowest BCUT2D eigenvalue weighted by Crippen LogP contribution is -2.08. The number of nitrogens with one attached hydrogen (secondary N) is 1. The molecule has 2 nitrogen and oxygen atoms in total. The predicted octanol–water partition coefficient (Wildman–Crippen LogP) is 4.47. The third kappa shape index (κ3) is 3.32. The molecule has 2 rings (SSSR count). The van der Waals surface area contributed by atoms with Crippen LogP contribution in [0.1, 0.15) is 18.1 Å². The summed E-state index contributed by atoms with van der Waals surface area (Å²) in [6, 6.07) is 15.6. The summed E-state index contributed by atoms with van der Waals surface area (Å²) in [4.78, 5) is 11.3. The lowest BCUT2D eigenvalue weighted by Gasteiger charge is -2.13. The Morgan fingerprint density at radius 2 is 1.84 bits per heavy atom. The first-order valence-electron chi connectivity index (χ1n) is 5.90. The van der Waals surface area contributed by atoms with Gasteiger partial charge in [-0.15, -0.1) is 0 Å². The number of amides is 1. The molecule has 0 aromatic heterocycles. The van der Waals surface area contributed by atoms with E-state index in [-0.39, 0.29) is 5.91 Å². The van der Waals surface area contributed by atoms with E-state index >= 15 is 0 Å². The smallest absolute Gasteiger partial charge is 0.221 e. The summed E-state index contributed by atoms with van der Waals surface area (Å²) in [5.74, 6) is -0.0931. The molecule has 96 valence electrons. The van der Waals surface area contributed by atoms with Gasteiger partial charge in [-0.25, -0.2) is 0 Å². The topological polar surface area (TPSA) is 29.1 Å². The second kappa shape index (κ2) is 5.85. The molecule has 0 aliphatic carbocycles. The maximum atomic E-state index is 11.3. The van der Waals surface area contributed by atoms with E-state index in [1.807, 2.05) is 48.5 Å². The third-order valence-corrected chi connectivity index (χ3v) is 3.23. The van der Waals surface area contributed by atoms with Gasteiger partial charge >= 0.3 is 0 Å². The maximum Gasteiger partial charge on any atom is 0.221 e. The van der Waals surface area contributed by atoms with Gasteiger partial charge in [-0.1, -0.05) is 52.8 Å². The van der Waals surface area contributed by atoms with Crippen molar-refractivity contribution in [3.05, 3.63) is 70.7 Å². The van der Waals surface area contributed by atoms with Crippen LogP contribution in [0.5, 0.6) is 0 Å². The summed E-state index contributed by atoms with van der Waals surface area (Å²) in [6.45, 7) is 5.63. The van der Waals surface area contributed by atoms with Gasteiger partial charge < -0.3 is 5.32 Å². The fourth-order valence-corrected chi connectivity index (χ4v) is 2.22. The van der Waals surface area contributed by atoms with Crippen molar-refractivity contribution in [3.8, 4) is 0 Å². The Bertz CT molecular complexity index is 620. The molecule has 0 atom stereocenters. The van der Waals surface area contributed by atoms with Crippen LogP contribution in [0.25, 0.3) is 5.57 Å². The van der Waals surface area contributed by atoms with Crippen LogP contribution in [0.3, 0.4) is 0 Å². The molecule has 0 unspecified atom stereocenters. The maximum absolute atomic E-state index is 11.3. The van der Waals surface area contributed by atoms with Gasteiger partial charge in [0, 0.05) is 22.6 Å². The first-order valence-corrected chi connectivity index (χ1v) is 6.69. The van der Waals surface area contributed by atoms with E-state index in [2.05, 4.69) is 27.8 Å². The number of rotatable bonds is 3. The van der Waals surface area contributed by atoms with Gasteiger partial charge in [-0.3, -0.25) is 4.79 Å². The fourth-order valence-electron chi connectivity index (χ4n) is 1.86. The highest BCUT2D eigenvalue weighted by Crippen LogP contribution is 2.30. The van der Waals surface area contributed by atoms with Crippen molar-refractivity contribution >= 4 is 33.1 Å². The molecule has 0 spiro atoms. The van der Waals surface area contributed by atoms with Crippen molar-refractivity contribution in [2.45, 2.75) is 6.92 Å². The molecular formula is C16H14BrNO. The van der Waals surface area contributed by atoms with Crippen LogP contribution in [-0.4, -0.2) is 5.91 Å². The summed E-state index contributed by atoms with van der Waals surface area (Å²) in [6.07, 6.45) is 0. The lowest BCUT2D eigenvalue weighted by atomic mass is 9.98. The van der Waals surface area contributed by atoms with Gasteiger partial charge in [0.15, 0.2) is 0 Å². The first kappa shape index (κ1) is 13.6. The fraction of sp³-hybridized carbons (Fsp3) is 0.0625. The van der Waals surface area contributed by atoms with E-state index in [1.165, 1.54) is 6.92 Å². The van der Waals surface area contributed by atoms with Crippen LogP contribution in [0.15, 0.2) is 59.6 Å². The number of benzene rings is 2. The molecule has 2 aromatic carbocycles. The van der Waals surface area contributed by atoms with Gasteiger partial charge in [0.05, 0.1) is 0 Å². The molecule has 0 radical (unpaired) electrons. The van der Waals surface area contributed by atoms with Gasteiger partial charge in [-0.2, -0.15) is 0 Å². The van der Waals surface area contributed by atoms with Crippen LogP contribution in [0, 0.1) is 0 Å². The second-order valence-corrected chi connectivity index (χ2v) is 5.13. The van der Waals surface area contributed by atoms with Crippen LogP contribution >= 0.6 is 15.9 Å². The molecule has 2 aromatic rings. The molecule has 0 fully saturated rings. The average molecular weight is 316 g/mol. The first-order chi connectivity index (χ1) is 9.08. The molecular weight excluding hydrogens is 302 g/mol. The third-order valence-electron chi connectivity index (χ3n) is 2.74. The number of halogens is 1. The Kier molecular flexibility index (Phi) is 4.17. The number of anilines is 1. The van der Waals surface area contributed by atoms with Crippen LogP contribution in [0.2, 0.25) is 0 Å². The second-order valence-electron chi connectivity index (χ2n) is 4.22. The van der Waals surface area contributed by atoms with Gasteiger partial charge in [0.1, 0.15) is 0 Å². The minimum Gasteiger partial charge on any atom is -0.326 e. The largest absolute Gasteiger partial charge is 0.326 e. The molecule has 1 N–H and O–H groups in total. The highest BCUT2D eigenvalue weighted by Gasteiger charge is 2.09. The summed E-state index contributed by atoms with van der Waals surface area (Å²) in [5.41, 5.74) is 3.60. The molecule has 0 saturated carbocycles. The number of carbonyl (C=O) groups is 1. The Balaban J connectivity index is 2.45. The van der Waals surface area contributed by atoms with Crippen molar-refractivity contribution in [2.75, 3.05) is 5.32 Å². The monoisotopic (exact) mass is 315 g/mol. The predicted molar refractivity (Wildman–Crippen MR) is 83.0 cm³/mol. The quantitative estimate of drug-likeness (QED) is 0.889. The van der Waals surface area contributed by atoms with Gasteiger partial charge in [0.2, 0.25) is 5.91 Å². The van der Waals surface area contributed by atoms with Crippen molar-refractivity contribution in [3.63, 3.8) is 0 Å². The molecule has 0 aliphatic heterocycles. The lowest BCUT2D eigenvalue weighted by molar-refractivity contribution is -0.114. The van der Waals surface area contributed by atoms with Crippen molar-refractivity contribution < 1.29 is 4.79 Å².